The van der Waals surface area contributed by atoms with Crippen LogP contribution in [0.2, 0.25) is 0 Å². The molecule has 0 bridgehead atoms. The Morgan fingerprint density at radius 1 is 1.05 bits per heavy atom. The lowest BCUT2D eigenvalue weighted by Crippen LogP contribution is -2.13. The first-order chi connectivity index (χ1) is 10.1. The second kappa shape index (κ2) is 4.98. The van der Waals surface area contributed by atoms with E-state index >= 15 is 0 Å². The molecule has 2 heterocycles. The van der Waals surface area contributed by atoms with Gasteiger partial charge in [0.2, 0.25) is 5.91 Å². The molecule has 0 spiro atoms. The monoisotopic (exact) mass is 277 g/mol. The predicted octanol–water partition coefficient (Wildman–Crippen LogP) is 3.01. The molecule has 4 nitrogen and oxygen atoms in total. The van der Waals surface area contributed by atoms with Crippen LogP contribution in [0, 0.1) is 13.8 Å². The fraction of sp³-hybridized carbons (Fsp3) is 0.118. The summed E-state index contributed by atoms with van der Waals surface area (Å²) in [4.78, 5) is 20.1. The van der Waals surface area contributed by atoms with E-state index in [1.165, 1.54) is 0 Å². The van der Waals surface area contributed by atoms with Gasteiger partial charge in [0.05, 0.1) is 5.69 Å². The Balaban J connectivity index is 2.22. The molecule has 0 saturated carbocycles. The van der Waals surface area contributed by atoms with Crippen molar-refractivity contribution in [2.24, 2.45) is 5.73 Å². The van der Waals surface area contributed by atoms with Crippen LogP contribution in [0.5, 0.6) is 0 Å². The summed E-state index contributed by atoms with van der Waals surface area (Å²) in [6.07, 6.45) is 3.41. The van der Waals surface area contributed by atoms with Gasteiger partial charge in [-0.25, -0.2) is 0 Å². The molecule has 2 N–H and O–H groups in total. The van der Waals surface area contributed by atoms with Crippen LogP contribution in [-0.2, 0) is 0 Å². The van der Waals surface area contributed by atoms with Crippen molar-refractivity contribution in [3.63, 3.8) is 0 Å². The van der Waals surface area contributed by atoms with E-state index in [0.717, 1.165) is 33.3 Å². The third-order valence-electron chi connectivity index (χ3n) is 3.71. The highest BCUT2D eigenvalue weighted by molar-refractivity contribution is 5.96. The summed E-state index contributed by atoms with van der Waals surface area (Å²) < 4.78 is 0. The minimum Gasteiger partial charge on any atom is -0.366 e. The second-order valence-corrected chi connectivity index (χ2v) is 5.03. The Morgan fingerprint density at radius 3 is 2.57 bits per heavy atom. The highest BCUT2D eigenvalue weighted by atomic mass is 16.1. The second-order valence-electron chi connectivity index (χ2n) is 5.03. The smallest absolute Gasteiger partial charge is 0.249 e. The Kier molecular flexibility index (Phi) is 3.14. The summed E-state index contributed by atoms with van der Waals surface area (Å²) in [6.45, 7) is 3.85. The van der Waals surface area contributed by atoms with Crippen molar-refractivity contribution in [2.45, 2.75) is 13.8 Å². The van der Waals surface area contributed by atoms with Crippen LogP contribution in [0.25, 0.3) is 22.0 Å². The molecular weight excluding hydrogens is 262 g/mol. The van der Waals surface area contributed by atoms with Crippen LogP contribution < -0.4 is 5.73 Å². The fourth-order valence-electron chi connectivity index (χ4n) is 2.57. The number of primary amides is 1. The number of pyridine rings is 2. The number of benzene rings is 1. The number of hydrogen-bond donors (Lipinski definition) is 1. The highest BCUT2D eigenvalue weighted by Gasteiger charge is 2.12. The molecule has 1 aromatic carbocycles. The van der Waals surface area contributed by atoms with Gasteiger partial charge in [-0.1, -0.05) is 12.1 Å². The van der Waals surface area contributed by atoms with Gasteiger partial charge in [-0.2, -0.15) is 0 Å². The lowest BCUT2D eigenvalue weighted by molar-refractivity contribution is 0.0999. The number of nitrogens with zero attached hydrogens (tertiary/aromatic N) is 2. The Morgan fingerprint density at radius 2 is 1.81 bits per heavy atom. The van der Waals surface area contributed by atoms with Gasteiger partial charge < -0.3 is 5.73 Å². The van der Waals surface area contributed by atoms with Crippen molar-refractivity contribution < 1.29 is 4.79 Å². The number of nitrogens with two attached hydrogens (primary N) is 1. The molecule has 0 aliphatic heterocycles. The third kappa shape index (κ3) is 2.25. The van der Waals surface area contributed by atoms with Gasteiger partial charge in [0.1, 0.15) is 0 Å². The molecule has 0 atom stereocenters. The molecule has 4 heteroatoms. The number of hydrogen-bond acceptors (Lipinski definition) is 3. The fourth-order valence-corrected chi connectivity index (χ4v) is 2.57. The number of rotatable bonds is 2. The molecule has 0 fully saturated rings. The van der Waals surface area contributed by atoms with Gasteiger partial charge >= 0.3 is 0 Å². The lowest BCUT2D eigenvalue weighted by atomic mass is 9.99. The SMILES string of the molecule is Cc1c(C(N)=O)ccnc1-c1ccc2c(C)nccc2c1. The van der Waals surface area contributed by atoms with Gasteiger partial charge in [-0.3, -0.25) is 14.8 Å². The summed E-state index contributed by atoms with van der Waals surface area (Å²) >= 11 is 0. The van der Waals surface area contributed by atoms with Gasteiger partial charge in [0.25, 0.3) is 0 Å². The molecular formula is C17H15N3O. The van der Waals surface area contributed by atoms with Crippen molar-refractivity contribution in [1.82, 2.24) is 9.97 Å². The van der Waals surface area contributed by atoms with Gasteiger partial charge in [0.15, 0.2) is 0 Å². The van der Waals surface area contributed by atoms with E-state index in [4.69, 9.17) is 5.73 Å². The van der Waals surface area contributed by atoms with E-state index in [1.54, 1.807) is 18.5 Å². The van der Waals surface area contributed by atoms with Crippen molar-refractivity contribution in [3.05, 3.63) is 59.5 Å². The van der Waals surface area contributed by atoms with Crippen LogP contribution >= 0.6 is 0 Å². The summed E-state index contributed by atoms with van der Waals surface area (Å²) in [5.74, 6) is -0.433. The Bertz CT molecular complexity index is 856. The zero-order valence-corrected chi connectivity index (χ0v) is 11.9. The van der Waals surface area contributed by atoms with Gasteiger partial charge in [0, 0.05) is 34.6 Å². The van der Waals surface area contributed by atoms with Gasteiger partial charge in [-0.15, -0.1) is 0 Å². The molecule has 0 saturated heterocycles. The largest absolute Gasteiger partial charge is 0.366 e. The highest BCUT2D eigenvalue weighted by Crippen LogP contribution is 2.27. The number of amides is 1. The van der Waals surface area contributed by atoms with E-state index in [0.29, 0.717) is 5.56 Å². The molecule has 0 unspecified atom stereocenters. The van der Waals surface area contributed by atoms with E-state index in [2.05, 4.69) is 16.0 Å². The van der Waals surface area contributed by atoms with Crippen LogP contribution in [0.15, 0.2) is 42.7 Å². The molecule has 3 aromatic rings. The Labute approximate surface area is 122 Å². The maximum Gasteiger partial charge on any atom is 0.249 e. The molecule has 0 aliphatic rings. The zero-order valence-electron chi connectivity index (χ0n) is 11.9. The van der Waals surface area contributed by atoms with Crippen molar-refractivity contribution >= 4 is 16.7 Å². The van der Waals surface area contributed by atoms with Gasteiger partial charge in [-0.05, 0) is 43.0 Å². The van der Waals surface area contributed by atoms with Crippen molar-refractivity contribution in [1.29, 1.82) is 0 Å². The number of aryl methyl sites for hydroxylation is 1. The summed E-state index contributed by atoms with van der Waals surface area (Å²) in [5, 5.41) is 2.22. The van der Waals surface area contributed by atoms with E-state index in [1.807, 2.05) is 32.0 Å². The average Bonchev–Trinajstić information content (AvgIpc) is 2.47. The Hall–Kier alpha value is -2.75. The quantitative estimate of drug-likeness (QED) is 0.782. The summed E-state index contributed by atoms with van der Waals surface area (Å²) in [5.41, 5.74) is 9.45. The molecule has 0 aliphatic carbocycles. The molecule has 104 valence electrons. The number of fused-ring (bicyclic) bond motifs is 1. The normalized spacial score (nSPS) is 10.8. The first-order valence-electron chi connectivity index (χ1n) is 6.69. The van der Waals surface area contributed by atoms with Crippen LogP contribution in [0.1, 0.15) is 21.6 Å². The standard InChI is InChI=1S/C17H15N3O/c1-10-14(17(18)21)6-8-20-16(10)13-3-4-15-11(2)19-7-5-12(15)9-13/h3-9H,1-2H3,(H2,18,21). The number of carbonyl (C=O) groups is 1. The number of carbonyl (C=O) groups excluding carboxylic acids is 1. The van der Waals surface area contributed by atoms with E-state index in [9.17, 15) is 4.79 Å². The molecule has 21 heavy (non-hydrogen) atoms. The van der Waals surface area contributed by atoms with Crippen molar-refractivity contribution in [2.75, 3.05) is 0 Å². The zero-order chi connectivity index (χ0) is 15.0. The van der Waals surface area contributed by atoms with E-state index < -0.39 is 5.91 Å². The molecule has 1 amide bonds. The van der Waals surface area contributed by atoms with Crippen molar-refractivity contribution in [3.8, 4) is 11.3 Å². The maximum absolute atomic E-state index is 11.4. The predicted molar refractivity (Wildman–Crippen MR) is 83.0 cm³/mol. The summed E-state index contributed by atoms with van der Waals surface area (Å²) in [7, 11) is 0. The maximum atomic E-state index is 11.4. The van der Waals surface area contributed by atoms with Crippen LogP contribution in [-0.4, -0.2) is 15.9 Å². The molecule has 2 aromatic heterocycles. The average molecular weight is 277 g/mol. The summed E-state index contributed by atoms with van der Waals surface area (Å²) in [6, 6.07) is 9.71. The number of aromatic nitrogens is 2. The minimum absolute atomic E-state index is 0.433. The lowest BCUT2D eigenvalue weighted by Gasteiger charge is -2.09. The van der Waals surface area contributed by atoms with E-state index in [-0.39, 0.29) is 0 Å². The third-order valence-corrected chi connectivity index (χ3v) is 3.71. The van der Waals surface area contributed by atoms with Crippen LogP contribution in [0.3, 0.4) is 0 Å². The van der Waals surface area contributed by atoms with Crippen LogP contribution in [0.4, 0.5) is 0 Å². The minimum atomic E-state index is -0.433. The molecule has 0 radical (unpaired) electrons. The topological polar surface area (TPSA) is 68.9 Å². The first kappa shape index (κ1) is 13.2. The first-order valence-corrected chi connectivity index (χ1v) is 6.69. The molecule has 3 rings (SSSR count).